The van der Waals surface area contributed by atoms with Gasteiger partial charge in [0.05, 0.1) is 19.2 Å². The summed E-state index contributed by atoms with van der Waals surface area (Å²) in [7, 11) is 1.38. The van der Waals surface area contributed by atoms with Gasteiger partial charge in [0.2, 0.25) is 0 Å². The lowest BCUT2D eigenvalue weighted by molar-refractivity contribution is -0.147. The fourth-order valence-electron chi connectivity index (χ4n) is 5.07. The molecule has 0 spiro atoms. The number of rotatable bonds is 3. The molecular weight excluding hydrogens is 362 g/mol. The maximum absolute atomic E-state index is 12.7. The first-order valence-electron chi connectivity index (χ1n) is 9.79. The number of ether oxygens (including phenoxy) is 1. The van der Waals surface area contributed by atoms with E-state index < -0.39 is 11.6 Å². The fourth-order valence-corrected chi connectivity index (χ4v) is 5.07. The monoisotopic (exact) mass is 383 g/mol. The second kappa shape index (κ2) is 6.68. The summed E-state index contributed by atoms with van der Waals surface area (Å²) in [6.07, 6.45) is 0.172. The van der Waals surface area contributed by atoms with Crippen LogP contribution in [0.15, 0.2) is 78.9 Å². The molecule has 1 saturated heterocycles. The Labute approximate surface area is 169 Å². The molecule has 1 aliphatic heterocycles. The number of benzene rings is 3. The number of hydrogen-bond acceptors (Lipinski definition) is 4. The molecule has 1 atom stereocenters. The van der Waals surface area contributed by atoms with Crippen molar-refractivity contribution in [3.63, 3.8) is 0 Å². The van der Waals surface area contributed by atoms with Crippen LogP contribution in [0.2, 0.25) is 0 Å². The third-order valence-corrected chi connectivity index (χ3v) is 6.16. The number of hydrogen-bond donors (Lipinski definition) is 0. The fraction of sp³-hybridized carbons (Fsp3) is 0.200. The molecule has 0 radical (unpaired) electrons. The second-order valence-corrected chi connectivity index (χ2v) is 7.58. The summed E-state index contributed by atoms with van der Waals surface area (Å²) in [5.41, 5.74) is 4.78. The lowest BCUT2D eigenvalue weighted by Crippen LogP contribution is -2.52. The van der Waals surface area contributed by atoms with Gasteiger partial charge in [-0.1, -0.05) is 78.9 Å². The largest absolute Gasteiger partial charge is 0.468 e. The van der Waals surface area contributed by atoms with Crippen LogP contribution in [0, 0.1) is 0 Å². The molecule has 1 aliphatic carbocycles. The van der Waals surface area contributed by atoms with Gasteiger partial charge in [-0.25, -0.2) is 0 Å². The highest BCUT2D eigenvalue weighted by molar-refractivity contribution is 5.93. The zero-order chi connectivity index (χ0) is 20.0. The van der Waals surface area contributed by atoms with Crippen LogP contribution in [0.1, 0.15) is 23.1 Å². The van der Waals surface area contributed by atoms with Gasteiger partial charge in [0.1, 0.15) is 11.8 Å². The van der Waals surface area contributed by atoms with Crippen molar-refractivity contribution in [1.29, 1.82) is 0 Å². The van der Waals surface area contributed by atoms with E-state index in [9.17, 15) is 9.59 Å². The molecule has 1 heterocycles. The van der Waals surface area contributed by atoms with Crippen LogP contribution in [-0.2, 0) is 19.9 Å². The predicted molar refractivity (Wildman–Crippen MR) is 110 cm³/mol. The van der Waals surface area contributed by atoms with Crippen molar-refractivity contribution < 1.29 is 14.3 Å². The van der Waals surface area contributed by atoms with Gasteiger partial charge >= 0.3 is 5.97 Å². The van der Waals surface area contributed by atoms with E-state index in [-0.39, 0.29) is 24.7 Å². The molecule has 0 N–H and O–H groups in total. The summed E-state index contributed by atoms with van der Waals surface area (Å²) in [5.74, 6) is -0.314. The Morgan fingerprint density at radius 3 is 2.03 bits per heavy atom. The predicted octanol–water partition coefficient (Wildman–Crippen LogP) is 3.78. The molecule has 1 fully saturated rings. The van der Waals surface area contributed by atoms with Crippen molar-refractivity contribution >= 4 is 11.8 Å². The minimum Gasteiger partial charge on any atom is -0.468 e. The van der Waals surface area contributed by atoms with Gasteiger partial charge in [-0.2, -0.15) is 0 Å². The standard InChI is InChI=1S/C25H21NO3/c1-29-24(28)23-15-18(27)16-26(23)25(17-9-3-2-4-10-17)21-13-7-5-11-19(21)20-12-6-8-14-22(20)25/h2-14,23H,15-16H2,1H3. The number of carbonyl (C=O) groups is 2. The smallest absolute Gasteiger partial charge is 0.323 e. The van der Waals surface area contributed by atoms with Crippen LogP contribution in [0.3, 0.4) is 0 Å². The maximum Gasteiger partial charge on any atom is 0.323 e. The molecule has 3 aromatic carbocycles. The summed E-state index contributed by atoms with van der Waals surface area (Å²) < 4.78 is 5.10. The maximum atomic E-state index is 12.7. The number of carbonyl (C=O) groups excluding carboxylic acids is 2. The molecule has 5 rings (SSSR count). The van der Waals surface area contributed by atoms with Crippen LogP contribution < -0.4 is 0 Å². The minimum atomic E-state index is -0.723. The quantitative estimate of drug-likeness (QED) is 0.646. The van der Waals surface area contributed by atoms with Gasteiger partial charge in [-0.15, -0.1) is 0 Å². The highest BCUT2D eigenvalue weighted by atomic mass is 16.5. The van der Waals surface area contributed by atoms with E-state index >= 15 is 0 Å². The lowest BCUT2D eigenvalue weighted by atomic mass is 9.78. The van der Waals surface area contributed by atoms with E-state index in [2.05, 4.69) is 36.4 Å². The Bertz CT molecular complexity index is 1060. The molecule has 29 heavy (non-hydrogen) atoms. The number of nitrogens with zero attached hydrogens (tertiary/aromatic N) is 1. The number of likely N-dealkylation sites (tertiary alicyclic amines) is 1. The van der Waals surface area contributed by atoms with Crippen molar-refractivity contribution in [2.45, 2.75) is 18.0 Å². The molecule has 0 bridgehead atoms. The Hall–Kier alpha value is -3.24. The van der Waals surface area contributed by atoms with E-state index in [1.807, 2.05) is 47.4 Å². The number of fused-ring (bicyclic) bond motifs is 3. The molecule has 144 valence electrons. The van der Waals surface area contributed by atoms with Gasteiger partial charge in [-0.3, -0.25) is 14.5 Å². The van der Waals surface area contributed by atoms with Crippen molar-refractivity contribution in [1.82, 2.24) is 4.90 Å². The number of methoxy groups -OCH3 is 1. The van der Waals surface area contributed by atoms with Gasteiger partial charge in [0.25, 0.3) is 0 Å². The number of esters is 1. The Balaban J connectivity index is 1.87. The van der Waals surface area contributed by atoms with Crippen molar-refractivity contribution in [2.75, 3.05) is 13.7 Å². The summed E-state index contributed by atoms with van der Waals surface area (Å²) in [6, 6.07) is 26.1. The molecule has 0 amide bonds. The van der Waals surface area contributed by atoms with E-state index in [4.69, 9.17) is 4.74 Å². The minimum absolute atomic E-state index is 0.0533. The van der Waals surface area contributed by atoms with Crippen LogP contribution in [0.4, 0.5) is 0 Å². The highest BCUT2D eigenvalue weighted by Gasteiger charge is 2.55. The molecule has 4 heteroatoms. The Morgan fingerprint density at radius 2 is 1.45 bits per heavy atom. The highest BCUT2D eigenvalue weighted by Crippen LogP contribution is 2.55. The summed E-state index contributed by atoms with van der Waals surface area (Å²) in [6.45, 7) is 0.206. The first kappa shape index (κ1) is 17.8. The van der Waals surface area contributed by atoms with Crippen molar-refractivity contribution in [3.8, 4) is 11.1 Å². The van der Waals surface area contributed by atoms with Gasteiger partial charge in [-0.05, 0) is 27.8 Å². The SMILES string of the molecule is COC(=O)C1CC(=O)CN1C1(c2ccccc2)c2ccccc2-c2ccccc21. The topological polar surface area (TPSA) is 46.6 Å². The van der Waals surface area contributed by atoms with E-state index in [1.165, 1.54) is 7.11 Å². The first-order chi connectivity index (χ1) is 14.2. The lowest BCUT2D eigenvalue weighted by Gasteiger charge is -2.43. The number of ketones is 1. The molecular formula is C25H21NO3. The average molecular weight is 383 g/mol. The normalized spacial score (nSPS) is 19.6. The van der Waals surface area contributed by atoms with Crippen LogP contribution in [-0.4, -0.2) is 36.3 Å². The van der Waals surface area contributed by atoms with Crippen molar-refractivity contribution in [2.24, 2.45) is 0 Å². The number of Topliss-reactive ketones (excluding diaryl/α,β-unsaturated/α-hetero) is 1. The average Bonchev–Trinajstić information content (AvgIpc) is 3.30. The molecule has 0 aromatic heterocycles. The van der Waals surface area contributed by atoms with Gasteiger partial charge in [0, 0.05) is 6.42 Å². The molecule has 0 saturated carbocycles. The van der Waals surface area contributed by atoms with Gasteiger partial charge in [0.15, 0.2) is 0 Å². The third-order valence-electron chi connectivity index (χ3n) is 6.16. The second-order valence-electron chi connectivity index (χ2n) is 7.58. The summed E-state index contributed by atoms with van der Waals surface area (Å²) in [5, 5.41) is 0. The van der Waals surface area contributed by atoms with Gasteiger partial charge < -0.3 is 4.74 Å². The van der Waals surface area contributed by atoms with E-state index in [1.54, 1.807) is 0 Å². The zero-order valence-corrected chi connectivity index (χ0v) is 16.2. The van der Waals surface area contributed by atoms with Crippen LogP contribution in [0.5, 0.6) is 0 Å². The van der Waals surface area contributed by atoms with Crippen molar-refractivity contribution in [3.05, 3.63) is 95.6 Å². The summed E-state index contributed by atoms with van der Waals surface area (Å²) >= 11 is 0. The van der Waals surface area contributed by atoms with Crippen LogP contribution in [0.25, 0.3) is 11.1 Å². The molecule has 1 unspecified atom stereocenters. The first-order valence-corrected chi connectivity index (χ1v) is 9.79. The van der Waals surface area contributed by atoms with E-state index in [0.717, 1.165) is 27.8 Å². The van der Waals surface area contributed by atoms with E-state index in [0.29, 0.717) is 0 Å². The molecule has 3 aromatic rings. The zero-order valence-electron chi connectivity index (χ0n) is 16.2. The van der Waals surface area contributed by atoms with Crippen LogP contribution >= 0.6 is 0 Å². The summed E-state index contributed by atoms with van der Waals surface area (Å²) in [4.78, 5) is 27.3. The Kier molecular flexibility index (Phi) is 4.10. The third kappa shape index (κ3) is 2.42. The Morgan fingerprint density at radius 1 is 0.897 bits per heavy atom. The molecule has 2 aliphatic rings. The molecule has 4 nitrogen and oxygen atoms in total.